The molecule has 0 bridgehead atoms. The quantitative estimate of drug-likeness (QED) is 0.362. The highest BCUT2D eigenvalue weighted by Crippen LogP contribution is 2.33. The number of hydrogen-bond donors (Lipinski definition) is 1. The number of carbonyl (C=O) groups excluding carboxylic acids is 1. The molecule has 1 unspecified atom stereocenters. The zero-order chi connectivity index (χ0) is 16.7. The van der Waals surface area contributed by atoms with Gasteiger partial charge < -0.3 is 14.7 Å². The van der Waals surface area contributed by atoms with Crippen LogP contribution in [0, 0.1) is 5.92 Å². The largest absolute Gasteiger partial charge is 0.482 e. The molecule has 0 saturated carbocycles. The normalized spacial score (nSPS) is 17.5. The Balaban J connectivity index is 2.03. The lowest BCUT2D eigenvalue weighted by molar-refractivity contribution is -0.142. The molecule has 1 N–H and O–H groups in total. The molecule has 0 aliphatic heterocycles. The summed E-state index contributed by atoms with van der Waals surface area (Å²) >= 11 is 0. The van der Waals surface area contributed by atoms with E-state index in [4.69, 9.17) is 9.94 Å². The van der Waals surface area contributed by atoms with E-state index in [1.807, 2.05) is 12.1 Å². The van der Waals surface area contributed by atoms with Gasteiger partial charge in [0.15, 0.2) is 6.61 Å². The molecule has 1 aliphatic rings. The van der Waals surface area contributed by atoms with Crippen molar-refractivity contribution in [1.29, 1.82) is 0 Å². The third-order valence-electron chi connectivity index (χ3n) is 4.32. The van der Waals surface area contributed by atoms with Crippen LogP contribution in [0.25, 0.3) is 0 Å². The van der Waals surface area contributed by atoms with Crippen LogP contribution in [-0.2, 0) is 22.4 Å². The molecule has 0 saturated heterocycles. The maximum Gasteiger partial charge on any atom is 0.343 e. The summed E-state index contributed by atoms with van der Waals surface area (Å²) in [6.45, 7) is 2.03. The minimum absolute atomic E-state index is 0.0613. The molecule has 1 aliphatic carbocycles. The van der Waals surface area contributed by atoms with Crippen LogP contribution in [0.4, 0.5) is 0 Å². The molecule has 126 valence electrons. The van der Waals surface area contributed by atoms with Gasteiger partial charge in [-0.2, -0.15) is 0 Å². The average Bonchev–Trinajstić information content (AvgIpc) is 2.58. The van der Waals surface area contributed by atoms with Crippen molar-refractivity contribution in [2.45, 2.75) is 45.4 Å². The van der Waals surface area contributed by atoms with Crippen LogP contribution in [0.3, 0.4) is 0 Å². The van der Waals surface area contributed by atoms with E-state index in [0.29, 0.717) is 5.92 Å². The minimum atomic E-state index is -0.375. The molecule has 0 aromatic heterocycles. The van der Waals surface area contributed by atoms with Gasteiger partial charge >= 0.3 is 5.97 Å². The summed E-state index contributed by atoms with van der Waals surface area (Å²) in [7, 11) is 1.35. The van der Waals surface area contributed by atoms with Crippen LogP contribution in [0.15, 0.2) is 23.4 Å². The first kappa shape index (κ1) is 17.3. The van der Waals surface area contributed by atoms with E-state index in [-0.39, 0.29) is 12.6 Å². The Labute approximate surface area is 137 Å². The molecule has 0 heterocycles. The SMILES string of the molecule is CCCC(CC1CCc2c(cccc2OCC(=O)OC)C1)=NO. The Morgan fingerprint density at radius 2 is 2.26 bits per heavy atom. The first-order chi connectivity index (χ1) is 11.2. The zero-order valence-corrected chi connectivity index (χ0v) is 13.9. The molecule has 1 aromatic carbocycles. The highest BCUT2D eigenvalue weighted by molar-refractivity contribution is 5.84. The Bertz CT molecular complexity index is 568. The molecule has 0 amide bonds. The first-order valence-corrected chi connectivity index (χ1v) is 8.18. The van der Waals surface area contributed by atoms with Crippen LogP contribution < -0.4 is 4.74 Å². The van der Waals surface area contributed by atoms with Crippen molar-refractivity contribution in [2.24, 2.45) is 11.1 Å². The number of carbonyl (C=O) groups is 1. The topological polar surface area (TPSA) is 68.1 Å². The van der Waals surface area contributed by atoms with Gasteiger partial charge in [0.05, 0.1) is 12.8 Å². The van der Waals surface area contributed by atoms with Crippen molar-refractivity contribution in [1.82, 2.24) is 0 Å². The van der Waals surface area contributed by atoms with E-state index in [2.05, 4.69) is 22.9 Å². The molecular weight excluding hydrogens is 294 g/mol. The monoisotopic (exact) mass is 319 g/mol. The number of oxime groups is 1. The highest BCUT2D eigenvalue weighted by Gasteiger charge is 2.23. The van der Waals surface area contributed by atoms with Gasteiger partial charge in [0.1, 0.15) is 5.75 Å². The predicted octanol–water partition coefficient (Wildman–Crippen LogP) is 3.36. The lowest BCUT2D eigenvalue weighted by atomic mass is 9.80. The standard InChI is InChI=1S/C18H25NO4/c1-3-5-15(19-21)11-13-8-9-16-14(10-13)6-4-7-17(16)23-12-18(20)22-2/h4,6-7,13,21H,3,5,8-12H2,1-2H3. The number of rotatable bonds is 7. The molecule has 23 heavy (non-hydrogen) atoms. The van der Waals surface area contributed by atoms with Gasteiger partial charge in [0.25, 0.3) is 0 Å². The Kier molecular flexibility index (Phi) is 6.44. The first-order valence-electron chi connectivity index (χ1n) is 8.18. The molecular formula is C18H25NO4. The molecule has 5 nitrogen and oxygen atoms in total. The van der Waals surface area contributed by atoms with Gasteiger partial charge in [0.2, 0.25) is 0 Å². The fraction of sp³-hybridized carbons (Fsp3) is 0.556. The zero-order valence-electron chi connectivity index (χ0n) is 13.9. The van der Waals surface area contributed by atoms with Crippen molar-refractivity contribution in [3.63, 3.8) is 0 Å². The molecule has 1 aromatic rings. The summed E-state index contributed by atoms with van der Waals surface area (Å²) in [5.41, 5.74) is 3.34. The summed E-state index contributed by atoms with van der Waals surface area (Å²) in [6, 6.07) is 5.97. The third-order valence-corrected chi connectivity index (χ3v) is 4.32. The number of ether oxygens (including phenoxy) is 2. The second-order valence-corrected chi connectivity index (χ2v) is 5.99. The van der Waals surface area contributed by atoms with Gasteiger partial charge in [-0.05, 0) is 55.2 Å². The Morgan fingerprint density at radius 1 is 1.43 bits per heavy atom. The summed E-state index contributed by atoms with van der Waals surface area (Å²) in [5, 5.41) is 12.5. The van der Waals surface area contributed by atoms with Crippen molar-refractivity contribution in [3.8, 4) is 5.75 Å². The van der Waals surface area contributed by atoms with Gasteiger partial charge in [-0.25, -0.2) is 4.79 Å². The number of esters is 1. The van der Waals surface area contributed by atoms with E-state index in [1.165, 1.54) is 18.2 Å². The Hall–Kier alpha value is -2.04. The average molecular weight is 319 g/mol. The third kappa shape index (κ3) is 4.71. The number of hydrogen-bond acceptors (Lipinski definition) is 5. The molecule has 5 heteroatoms. The van der Waals surface area contributed by atoms with Crippen molar-refractivity contribution >= 4 is 11.7 Å². The summed E-state index contributed by atoms with van der Waals surface area (Å²) in [4.78, 5) is 11.2. The lowest BCUT2D eigenvalue weighted by Crippen LogP contribution is -2.19. The number of methoxy groups -OCH3 is 1. The smallest absolute Gasteiger partial charge is 0.343 e. The molecule has 0 radical (unpaired) electrons. The molecule has 0 fully saturated rings. The van der Waals surface area contributed by atoms with E-state index in [9.17, 15) is 4.79 Å². The molecule has 2 rings (SSSR count). The van der Waals surface area contributed by atoms with E-state index in [1.54, 1.807) is 0 Å². The van der Waals surface area contributed by atoms with Crippen LogP contribution >= 0.6 is 0 Å². The van der Waals surface area contributed by atoms with Gasteiger partial charge in [0, 0.05) is 0 Å². The van der Waals surface area contributed by atoms with E-state index in [0.717, 1.165) is 50.0 Å². The number of fused-ring (bicyclic) bond motifs is 1. The number of benzene rings is 1. The summed E-state index contributed by atoms with van der Waals surface area (Å²) < 4.78 is 10.2. The summed E-state index contributed by atoms with van der Waals surface area (Å²) in [5.74, 6) is 0.895. The fourth-order valence-electron chi connectivity index (χ4n) is 3.17. The van der Waals surface area contributed by atoms with Crippen molar-refractivity contribution < 1.29 is 19.5 Å². The van der Waals surface area contributed by atoms with E-state index < -0.39 is 0 Å². The second-order valence-electron chi connectivity index (χ2n) is 5.99. The van der Waals surface area contributed by atoms with E-state index >= 15 is 0 Å². The van der Waals surface area contributed by atoms with Crippen LogP contribution in [0.5, 0.6) is 5.75 Å². The fourth-order valence-corrected chi connectivity index (χ4v) is 3.17. The van der Waals surface area contributed by atoms with Crippen molar-refractivity contribution in [3.05, 3.63) is 29.3 Å². The maximum atomic E-state index is 11.2. The lowest BCUT2D eigenvalue weighted by Gasteiger charge is -2.26. The number of nitrogens with zero attached hydrogens (tertiary/aromatic N) is 1. The molecule has 0 spiro atoms. The maximum absolute atomic E-state index is 11.2. The van der Waals surface area contributed by atoms with Crippen LogP contribution in [-0.4, -0.2) is 30.6 Å². The van der Waals surface area contributed by atoms with Gasteiger partial charge in [-0.15, -0.1) is 0 Å². The van der Waals surface area contributed by atoms with Crippen molar-refractivity contribution in [2.75, 3.05) is 13.7 Å². The van der Waals surface area contributed by atoms with Crippen LogP contribution in [0.1, 0.15) is 43.7 Å². The predicted molar refractivity (Wildman–Crippen MR) is 88.2 cm³/mol. The van der Waals surface area contributed by atoms with Crippen LogP contribution in [0.2, 0.25) is 0 Å². The summed E-state index contributed by atoms with van der Waals surface area (Å²) in [6.07, 6.45) is 5.59. The minimum Gasteiger partial charge on any atom is -0.482 e. The van der Waals surface area contributed by atoms with Gasteiger partial charge in [-0.1, -0.05) is 30.6 Å². The van der Waals surface area contributed by atoms with Gasteiger partial charge in [-0.3, -0.25) is 0 Å². The second kappa shape index (κ2) is 8.56. The Morgan fingerprint density at radius 3 is 2.96 bits per heavy atom. The highest BCUT2D eigenvalue weighted by atomic mass is 16.6. The molecule has 1 atom stereocenters.